The van der Waals surface area contributed by atoms with E-state index in [0.717, 1.165) is 0 Å². The van der Waals surface area contributed by atoms with Crippen LogP contribution in [0.1, 0.15) is 5.56 Å². The molecule has 1 aromatic heterocycles. The van der Waals surface area contributed by atoms with Crippen molar-refractivity contribution < 1.29 is 14.3 Å². The van der Waals surface area contributed by atoms with Crippen molar-refractivity contribution in [1.82, 2.24) is 0 Å². The van der Waals surface area contributed by atoms with Crippen molar-refractivity contribution in [3.8, 4) is 11.1 Å². The normalized spacial score (nSPS) is 10.9. The maximum absolute atomic E-state index is 12.2. The molecule has 0 spiro atoms. The lowest BCUT2D eigenvalue weighted by molar-refractivity contribution is -0.304. The van der Waals surface area contributed by atoms with Crippen LogP contribution in [0.25, 0.3) is 22.1 Å². The summed E-state index contributed by atoms with van der Waals surface area (Å²) in [6.07, 6.45) is -0.553. The first kappa shape index (κ1) is 15.6. The Hall–Kier alpha value is -2.30. The van der Waals surface area contributed by atoms with E-state index in [2.05, 4.69) is 0 Å². The Morgan fingerprint density at radius 3 is 2.39 bits per heavy atom. The van der Waals surface area contributed by atoms with E-state index in [9.17, 15) is 14.7 Å². The van der Waals surface area contributed by atoms with Gasteiger partial charge in [0.2, 0.25) is 0 Å². The van der Waals surface area contributed by atoms with Crippen LogP contribution in [0, 0.1) is 0 Å². The monoisotopic (exact) mass is 347 g/mol. The lowest BCUT2D eigenvalue weighted by atomic mass is 9.95. The highest BCUT2D eigenvalue weighted by molar-refractivity contribution is 6.42. The Morgan fingerprint density at radius 1 is 1.09 bits per heavy atom. The third kappa shape index (κ3) is 2.96. The standard InChI is InChI=1S/C17H10Cl2O4/c18-12-6-10-14(8-13(12)19)23-17(22)11(7-15(20)21)16(10)9-4-2-1-3-5-9/h1-6,8H,7H2,(H,20,21)/p-1. The van der Waals surface area contributed by atoms with Gasteiger partial charge in [0.1, 0.15) is 5.58 Å². The van der Waals surface area contributed by atoms with E-state index in [-0.39, 0.29) is 21.2 Å². The predicted molar refractivity (Wildman–Crippen MR) is 86.7 cm³/mol. The van der Waals surface area contributed by atoms with Gasteiger partial charge in [0.15, 0.2) is 0 Å². The van der Waals surface area contributed by atoms with Crippen molar-refractivity contribution in [2.24, 2.45) is 0 Å². The van der Waals surface area contributed by atoms with E-state index in [1.807, 2.05) is 6.07 Å². The highest BCUT2D eigenvalue weighted by Crippen LogP contribution is 2.35. The van der Waals surface area contributed by atoms with Gasteiger partial charge in [0, 0.05) is 29.4 Å². The van der Waals surface area contributed by atoms with Crippen molar-refractivity contribution >= 4 is 40.1 Å². The molecule has 4 nitrogen and oxygen atoms in total. The molecule has 0 bridgehead atoms. The molecule has 0 radical (unpaired) electrons. The van der Waals surface area contributed by atoms with Crippen molar-refractivity contribution in [2.45, 2.75) is 6.42 Å². The SMILES string of the molecule is O=C([O-])Cc1c(-c2ccccc2)c2cc(Cl)c(Cl)cc2oc1=O. The molecule has 3 rings (SSSR count). The summed E-state index contributed by atoms with van der Waals surface area (Å²) in [6, 6.07) is 11.9. The molecule has 116 valence electrons. The first-order valence-electron chi connectivity index (χ1n) is 6.67. The number of hydrogen-bond acceptors (Lipinski definition) is 4. The molecule has 3 aromatic rings. The van der Waals surface area contributed by atoms with Crippen LogP contribution in [-0.4, -0.2) is 5.97 Å². The number of carbonyl (C=O) groups excluding carboxylic acids is 1. The second kappa shape index (κ2) is 6.07. The molecule has 23 heavy (non-hydrogen) atoms. The molecule has 0 aliphatic carbocycles. The van der Waals surface area contributed by atoms with Crippen molar-refractivity contribution in [3.05, 3.63) is 68.5 Å². The Morgan fingerprint density at radius 2 is 1.74 bits per heavy atom. The first-order chi connectivity index (χ1) is 11.0. The minimum atomic E-state index is -1.37. The van der Waals surface area contributed by atoms with Gasteiger partial charge in [-0.3, -0.25) is 0 Å². The van der Waals surface area contributed by atoms with Gasteiger partial charge < -0.3 is 14.3 Å². The summed E-state index contributed by atoms with van der Waals surface area (Å²) in [7, 11) is 0. The lowest BCUT2D eigenvalue weighted by Crippen LogP contribution is -2.27. The third-order valence-electron chi connectivity index (χ3n) is 3.43. The largest absolute Gasteiger partial charge is 0.550 e. The molecule has 0 atom stereocenters. The van der Waals surface area contributed by atoms with Crippen LogP contribution in [0.2, 0.25) is 10.0 Å². The zero-order chi connectivity index (χ0) is 16.6. The average molecular weight is 348 g/mol. The van der Waals surface area contributed by atoms with Gasteiger partial charge in [-0.05, 0) is 11.6 Å². The number of carbonyl (C=O) groups is 1. The number of halogens is 2. The second-order valence-corrected chi connectivity index (χ2v) is 5.73. The van der Waals surface area contributed by atoms with Gasteiger partial charge in [-0.15, -0.1) is 0 Å². The van der Waals surface area contributed by atoms with E-state index in [4.69, 9.17) is 27.6 Å². The molecule has 0 fully saturated rings. The van der Waals surface area contributed by atoms with E-state index in [1.165, 1.54) is 6.07 Å². The molecular formula is C17H9Cl2O4-. The van der Waals surface area contributed by atoms with Gasteiger partial charge >= 0.3 is 5.63 Å². The zero-order valence-electron chi connectivity index (χ0n) is 11.6. The number of hydrogen-bond donors (Lipinski definition) is 0. The van der Waals surface area contributed by atoms with Crippen molar-refractivity contribution in [3.63, 3.8) is 0 Å². The van der Waals surface area contributed by atoms with Gasteiger partial charge in [0.25, 0.3) is 0 Å². The summed E-state index contributed by atoms with van der Waals surface area (Å²) < 4.78 is 5.20. The van der Waals surface area contributed by atoms with E-state index in [0.29, 0.717) is 16.5 Å². The van der Waals surface area contributed by atoms with Gasteiger partial charge in [-0.2, -0.15) is 0 Å². The van der Waals surface area contributed by atoms with Crippen LogP contribution in [-0.2, 0) is 11.2 Å². The molecule has 0 aliphatic rings. The second-order valence-electron chi connectivity index (χ2n) is 4.92. The minimum Gasteiger partial charge on any atom is -0.550 e. The highest BCUT2D eigenvalue weighted by atomic mass is 35.5. The summed E-state index contributed by atoms with van der Waals surface area (Å²) in [5.74, 6) is -1.37. The Labute approximate surface area is 140 Å². The first-order valence-corrected chi connectivity index (χ1v) is 7.43. The number of carboxylic acids is 1. The van der Waals surface area contributed by atoms with Gasteiger partial charge in [0.05, 0.1) is 15.6 Å². The Bertz CT molecular complexity index is 962. The van der Waals surface area contributed by atoms with E-state index < -0.39 is 18.0 Å². The average Bonchev–Trinajstić information content (AvgIpc) is 2.51. The maximum Gasteiger partial charge on any atom is 0.340 e. The number of aliphatic carboxylic acids is 1. The molecule has 1 heterocycles. The van der Waals surface area contributed by atoms with Gasteiger partial charge in [-0.25, -0.2) is 4.79 Å². The van der Waals surface area contributed by atoms with E-state index in [1.54, 1.807) is 30.3 Å². The topological polar surface area (TPSA) is 70.3 Å². The Balaban J connectivity index is 2.46. The molecule has 0 aliphatic heterocycles. The number of fused-ring (bicyclic) bond motifs is 1. The molecule has 0 amide bonds. The molecule has 2 aromatic carbocycles. The fourth-order valence-corrected chi connectivity index (χ4v) is 2.79. The molecule has 0 saturated carbocycles. The van der Waals surface area contributed by atoms with Gasteiger partial charge in [-0.1, -0.05) is 53.5 Å². The van der Waals surface area contributed by atoms with Crippen LogP contribution in [0.4, 0.5) is 0 Å². The predicted octanol–water partition coefficient (Wildman–Crippen LogP) is 3.06. The molecule has 0 unspecified atom stereocenters. The summed E-state index contributed by atoms with van der Waals surface area (Å²) in [4.78, 5) is 23.2. The quantitative estimate of drug-likeness (QED) is 0.682. The highest BCUT2D eigenvalue weighted by Gasteiger charge is 2.17. The summed E-state index contributed by atoms with van der Waals surface area (Å²) in [5, 5.41) is 12.1. The summed E-state index contributed by atoms with van der Waals surface area (Å²) in [5.41, 5.74) is 0.658. The Kier molecular flexibility index (Phi) is 4.11. The summed E-state index contributed by atoms with van der Waals surface area (Å²) in [6.45, 7) is 0. The van der Waals surface area contributed by atoms with Crippen LogP contribution >= 0.6 is 23.2 Å². The van der Waals surface area contributed by atoms with Crippen LogP contribution in [0.5, 0.6) is 0 Å². The number of rotatable bonds is 3. The molecular weight excluding hydrogens is 339 g/mol. The third-order valence-corrected chi connectivity index (χ3v) is 4.15. The molecule has 0 saturated heterocycles. The zero-order valence-corrected chi connectivity index (χ0v) is 13.1. The summed E-state index contributed by atoms with van der Waals surface area (Å²) >= 11 is 12.0. The fourth-order valence-electron chi connectivity index (χ4n) is 2.47. The van der Waals surface area contributed by atoms with Crippen LogP contribution < -0.4 is 10.7 Å². The van der Waals surface area contributed by atoms with Crippen molar-refractivity contribution in [1.29, 1.82) is 0 Å². The van der Waals surface area contributed by atoms with Crippen molar-refractivity contribution in [2.75, 3.05) is 0 Å². The molecule has 0 N–H and O–H groups in total. The van der Waals surface area contributed by atoms with Crippen LogP contribution in [0.3, 0.4) is 0 Å². The number of carboxylic acid groups (broad SMARTS) is 1. The lowest BCUT2D eigenvalue weighted by Gasteiger charge is -2.13. The van der Waals surface area contributed by atoms with E-state index >= 15 is 0 Å². The number of benzene rings is 2. The maximum atomic E-state index is 12.2. The van der Waals surface area contributed by atoms with Crippen LogP contribution in [0.15, 0.2) is 51.7 Å². The fraction of sp³-hybridized carbons (Fsp3) is 0.0588. The minimum absolute atomic E-state index is 0.0158. The molecule has 6 heteroatoms. The smallest absolute Gasteiger partial charge is 0.340 e.